The second kappa shape index (κ2) is 4.83. The Morgan fingerprint density at radius 2 is 2.29 bits per heavy atom. The predicted molar refractivity (Wildman–Crippen MR) is 79.6 cm³/mol. The molecule has 0 radical (unpaired) electrons. The number of hydrogen-bond acceptors (Lipinski definition) is 3. The van der Waals surface area contributed by atoms with E-state index in [1.54, 1.807) is 10.9 Å². The largest absolute Gasteiger partial charge is 0.333 e. The van der Waals surface area contributed by atoms with Crippen molar-refractivity contribution in [1.82, 2.24) is 20.0 Å². The zero-order valence-electron chi connectivity index (χ0n) is 12.7. The average Bonchev–Trinajstić information content (AvgIpc) is 3.00. The molecular weight excluding hydrogens is 264 g/mol. The molecule has 1 amide bonds. The summed E-state index contributed by atoms with van der Waals surface area (Å²) >= 11 is 0. The van der Waals surface area contributed by atoms with Crippen molar-refractivity contribution in [1.29, 1.82) is 0 Å². The van der Waals surface area contributed by atoms with Crippen LogP contribution in [0.25, 0.3) is 0 Å². The van der Waals surface area contributed by atoms with Crippen LogP contribution in [0.1, 0.15) is 39.0 Å². The maximum Gasteiger partial charge on any atom is 0.244 e. The van der Waals surface area contributed by atoms with Gasteiger partial charge >= 0.3 is 0 Å². The highest BCUT2D eigenvalue weighted by molar-refractivity contribution is 5.77. The quantitative estimate of drug-likeness (QED) is 0.895. The number of amides is 1. The molecule has 1 saturated carbocycles. The first-order valence-electron chi connectivity index (χ1n) is 8.20. The van der Waals surface area contributed by atoms with E-state index < -0.39 is 0 Å². The molecule has 3 aliphatic rings. The van der Waals surface area contributed by atoms with Crippen LogP contribution >= 0.6 is 0 Å². The van der Waals surface area contributed by atoms with Crippen LogP contribution in [0.5, 0.6) is 0 Å². The van der Waals surface area contributed by atoms with Crippen LogP contribution in [0.15, 0.2) is 18.5 Å². The normalized spacial score (nSPS) is 38.3. The molecule has 0 unspecified atom stereocenters. The second-order valence-corrected chi connectivity index (χ2v) is 7.13. The minimum atomic E-state index is 0.238. The molecule has 4 rings (SSSR count). The van der Waals surface area contributed by atoms with Gasteiger partial charge in [-0.2, -0.15) is 5.10 Å². The lowest BCUT2D eigenvalue weighted by Crippen LogP contribution is -2.51. The predicted octanol–water partition coefficient (Wildman–Crippen LogP) is 1.40. The maximum atomic E-state index is 12.8. The molecule has 21 heavy (non-hydrogen) atoms. The van der Waals surface area contributed by atoms with E-state index in [0.29, 0.717) is 24.7 Å². The molecule has 4 atom stereocenters. The van der Waals surface area contributed by atoms with Gasteiger partial charge in [-0.15, -0.1) is 0 Å². The van der Waals surface area contributed by atoms with E-state index >= 15 is 0 Å². The number of nitrogens with zero attached hydrogens (tertiary/aromatic N) is 3. The van der Waals surface area contributed by atoms with E-state index in [1.165, 1.54) is 25.7 Å². The van der Waals surface area contributed by atoms with Gasteiger partial charge in [-0.1, -0.05) is 19.8 Å². The van der Waals surface area contributed by atoms with E-state index in [2.05, 4.69) is 22.2 Å². The minimum absolute atomic E-state index is 0.238. The summed E-state index contributed by atoms with van der Waals surface area (Å²) in [4.78, 5) is 15.1. The molecule has 0 spiro atoms. The van der Waals surface area contributed by atoms with Crippen molar-refractivity contribution in [3.05, 3.63) is 18.5 Å². The number of hydrogen-bond donors (Lipinski definition) is 1. The van der Waals surface area contributed by atoms with Gasteiger partial charge in [0.1, 0.15) is 6.54 Å². The number of carbonyl (C=O) groups excluding carboxylic acids is 1. The standard InChI is InChI=1S/C16H24N4O/c1-16-9-12-10-17-13(16)5-2-3-6-14(16)20(12)15(21)11-19-8-4-7-18-19/h4,7-8,12-14,17H,2-3,5-6,9-11H2,1H3/t12-,13+,14-,16+/m0/s1. The fourth-order valence-corrected chi connectivity index (χ4v) is 4.95. The van der Waals surface area contributed by atoms with Crippen LogP contribution < -0.4 is 5.32 Å². The number of piperidine rings is 1. The van der Waals surface area contributed by atoms with Crippen molar-refractivity contribution in [3.63, 3.8) is 0 Å². The monoisotopic (exact) mass is 288 g/mol. The highest BCUT2D eigenvalue weighted by atomic mass is 16.2. The number of likely N-dealkylation sites (tertiary alicyclic amines) is 1. The molecule has 2 bridgehead atoms. The van der Waals surface area contributed by atoms with Gasteiger partial charge in [0.05, 0.1) is 0 Å². The van der Waals surface area contributed by atoms with Crippen molar-refractivity contribution < 1.29 is 4.79 Å². The summed E-state index contributed by atoms with van der Waals surface area (Å²) in [5.74, 6) is 0.238. The van der Waals surface area contributed by atoms with E-state index in [4.69, 9.17) is 0 Å². The van der Waals surface area contributed by atoms with Crippen molar-refractivity contribution in [2.75, 3.05) is 6.54 Å². The smallest absolute Gasteiger partial charge is 0.244 e. The Hall–Kier alpha value is -1.36. The van der Waals surface area contributed by atoms with Gasteiger partial charge in [-0.3, -0.25) is 9.48 Å². The van der Waals surface area contributed by atoms with Crippen molar-refractivity contribution in [3.8, 4) is 0 Å². The molecule has 3 fully saturated rings. The third-order valence-corrected chi connectivity index (χ3v) is 5.93. The van der Waals surface area contributed by atoms with Crippen molar-refractivity contribution in [2.24, 2.45) is 5.41 Å². The SMILES string of the molecule is C[C@@]12C[C@H]3CN[C@@H]1CCCC[C@@H]2N3C(=O)Cn1cccn1. The zero-order chi connectivity index (χ0) is 14.4. The molecule has 1 aliphatic carbocycles. The summed E-state index contributed by atoms with van der Waals surface area (Å²) in [6, 6.07) is 3.24. The Morgan fingerprint density at radius 1 is 1.43 bits per heavy atom. The zero-order valence-corrected chi connectivity index (χ0v) is 12.7. The van der Waals surface area contributed by atoms with Gasteiger partial charge in [-0.05, 0) is 25.3 Å². The van der Waals surface area contributed by atoms with Gasteiger partial charge < -0.3 is 10.2 Å². The van der Waals surface area contributed by atoms with Crippen LogP contribution in [-0.2, 0) is 11.3 Å². The van der Waals surface area contributed by atoms with E-state index in [1.807, 2.05) is 12.3 Å². The minimum Gasteiger partial charge on any atom is -0.333 e. The molecule has 1 aromatic heterocycles. The number of fused-ring (bicyclic) bond motifs is 1. The number of rotatable bonds is 2. The Balaban J connectivity index is 1.61. The molecule has 2 saturated heterocycles. The third kappa shape index (κ3) is 2.01. The summed E-state index contributed by atoms with van der Waals surface area (Å²) in [6.07, 6.45) is 9.74. The Kier molecular flexibility index (Phi) is 3.06. The Morgan fingerprint density at radius 3 is 3.10 bits per heavy atom. The Bertz CT molecular complexity index is 528. The van der Waals surface area contributed by atoms with Crippen LogP contribution in [-0.4, -0.2) is 45.3 Å². The number of carbonyl (C=O) groups is 1. The molecule has 2 aliphatic heterocycles. The highest BCUT2D eigenvalue weighted by Crippen LogP contribution is 2.50. The first kappa shape index (κ1) is 13.3. The van der Waals surface area contributed by atoms with Crippen molar-refractivity contribution in [2.45, 2.75) is 63.7 Å². The molecule has 1 N–H and O–H groups in total. The maximum absolute atomic E-state index is 12.8. The van der Waals surface area contributed by atoms with Crippen LogP contribution in [0.2, 0.25) is 0 Å². The van der Waals surface area contributed by atoms with Gasteiger partial charge in [0.15, 0.2) is 0 Å². The fraction of sp³-hybridized carbons (Fsp3) is 0.750. The number of aromatic nitrogens is 2. The second-order valence-electron chi connectivity index (χ2n) is 7.13. The van der Waals surface area contributed by atoms with Gasteiger partial charge in [-0.25, -0.2) is 0 Å². The summed E-state index contributed by atoms with van der Waals surface area (Å²) in [5.41, 5.74) is 0.263. The first-order chi connectivity index (χ1) is 10.2. The lowest BCUT2D eigenvalue weighted by atomic mass is 9.72. The summed E-state index contributed by atoms with van der Waals surface area (Å²) in [7, 11) is 0. The highest BCUT2D eigenvalue weighted by Gasteiger charge is 2.57. The van der Waals surface area contributed by atoms with Crippen LogP contribution in [0.4, 0.5) is 0 Å². The van der Waals surface area contributed by atoms with Gasteiger partial charge in [0.2, 0.25) is 5.91 Å². The molecule has 114 valence electrons. The molecule has 5 heteroatoms. The van der Waals surface area contributed by atoms with E-state index in [0.717, 1.165) is 13.0 Å². The molecule has 5 nitrogen and oxygen atoms in total. The molecular formula is C16H24N4O. The van der Waals surface area contributed by atoms with E-state index in [-0.39, 0.29) is 11.3 Å². The topological polar surface area (TPSA) is 50.2 Å². The average molecular weight is 288 g/mol. The summed E-state index contributed by atoms with van der Waals surface area (Å²) in [5, 5.41) is 7.90. The van der Waals surface area contributed by atoms with Crippen molar-refractivity contribution >= 4 is 5.91 Å². The fourth-order valence-electron chi connectivity index (χ4n) is 4.95. The molecule has 3 heterocycles. The lowest BCUT2D eigenvalue weighted by molar-refractivity contribution is -0.135. The first-order valence-corrected chi connectivity index (χ1v) is 8.20. The van der Waals surface area contributed by atoms with Gasteiger partial charge in [0, 0.05) is 42.5 Å². The van der Waals surface area contributed by atoms with Gasteiger partial charge in [0.25, 0.3) is 0 Å². The summed E-state index contributed by atoms with van der Waals surface area (Å²) < 4.78 is 1.74. The lowest BCUT2D eigenvalue weighted by Gasteiger charge is -2.39. The van der Waals surface area contributed by atoms with E-state index in [9.17, 15) is 4.79 Å². The van der Waals surface area contributed by atoms with Crippen LogP contribution in [0, 0.1) is 5.41 Å². The van der Waals surface area contributed by atoms with Crippen LogP contribution in [0.3, 0.4) is 0 Å². The molecule has 1 aromatic rings. The number of nitrogens with one attached hydrogen (secondary N) is 1. The third-order valence-electron chi connectivity index (χ3n) is 5.93. The summed E-state index contributed by atoms with van der Waals surface area (Å²) in [6.45, 7) is 3.73. The Labute approximate surface area is 125 Å². The molecule has 0 aromatic carbocycles.